The minimum Gasteiger partial charge on any atom is -0.370 e. The van der Waals surface area contributed by atoms with Crippen molar-refractivity contribution in [3.05, 3.63) is 34.6 Å². The van der Waals surface area contributed by atoms with Gasteiger partial charge in [0.05, 0.1) is 12.6 Å². The highest BCUT2D eigenvalue weighted by molar-refractivity contribution is 6.30. The quantitative estimate of drug-likeness (QED) is 0.917. The van der Waals surface area contributed by atoms with E-state index < -0.39 is 0 Å². The first-order valence-electron chi connectivity index (χ1n) is 6.07. The van der Waals surface area contributed by atoms with E-state index in [1.165, 1.54) is 12.1 Å². The van der Waals surface area contributed by atoms with Crippen LogP contribution in [0.3, 0.4) is 0 Å². The highest BCUT2D eigenvalue weighted by atomic mass is 35.5. The third-order valence-electron chi connectivity index (χ3n) is 3.36. The summed E-state index contributed by atoms with van der Waals surface area (Å²) < 4.78 is 13.4. The van der Waals surface area contributed by atoms with Crippen molar-refractivity contribution in [2.75, 3.05) is 6.54 Å². The molecular formula is C13H17ClFN3. The number of hydrogen-bond acceptors (Lipinski definition) is 3. The molecule has 0 bridgehead atoms. The number of rotatable bonds is 3. The van der Waals surface area contributed by atoms with Gasteiger partial charge in [-0.05, 0) is 37.1 Å². The molecule has 1 aromatic carbocycles. The molecule has 1 aromatic rings. The van der Waals surface area contributed by atoms with Crippen molar-refractivity contribution in [1.82, 2.24) is 4.90 Å². The van der Waals surface area contributed by atoms with Gasteiger partial charge in [0.2, 0.25) is 0 Å². The molecule has 0 radical (unpaired) electrons. The average Bonchev–Trinajstić information content (AvgIpc) is 2.69. The zero-order valence-electron chi connectivity index (χ0n) is 10.5. The van der Waals surface area contributed by atoms with Crippen LogP contribution >= 0.6 is 11.6 Å². The molecule has 1 heterocycles. The second-order valence-corrected chi connectivity index (χ2v) is 5.02. The summed E-state index contributed by atoms with van der Waals surface area (Å²) in [7, 11) is 0. The lowest BCUT2D eigenvalue weighted by Gasteiger charge is -2.32. The van der Waals surface area contributed by atoms with E-state index in [4.69, 9.17) is 17.3 Å². The number of halogens is 2. The van der Waals surface area contributed by atoms with Crippen LogP contribution in [-0.4, -0.2) is 23.4 Å². The van der Waals surface area contributed by atoms with Gasteiger partial charge in [0.1, 0.15) is 5.82 Å². The molecule has 0 aliphatic carbocycles. The average molecular weight is 270 g/mol. The lowest BCUT2D eigenvalue weighted by molar-refractivity contribution is 0.268. The zero-order chi connectivity index (χ0) is 13.3. The molecule has 0 saturated carbocycles. The Bertz CT molecular complexity index is 455. The van der Waals surface area contributed by atoms with Gasteiger partial charge in [0.25, 0.3) is 0 Å². The second kappa shape index (κ2) is 5.14. The number of benzene rings is 1. The van der Waals surface area contributed by atoms with E-state index >= 15 is 0 Å². The lowest BCUT2D eigenvalue weighted by atomic mass is 10.0. The third kappa shape index (κ3) is 2.43. The summed E-state index contributed by atoms with van der Waals surface area (Å²) in [4.78, 5) is 6.29. The van der Waals surface area contributed by atoms with Gasteiger partial charge in [-0.2, -0.15) is 0 Å². The minimum absolute atomic E-state index is 0.0202. The summed E-state index contributed by atoms with van der Waals surface area (Å²) in [5.74, 6) is 0.196. The molecule has 5 heteroatoms. The summed E-state index contributed by atoms with van der Waals surface area (Å²) in [6, 6.07) is 4.83. The normalized spacial score (nSPS) is 21.0. The fraction of sp³-hybridized carbons (Fsp3) is 0.462. The fourth-order valence-corrected chi connectivity index (χ4v) is 2.50. The molecule has 2 rings (SSSR count). The van der Waals surface area contributed by atoms with Crippen LogP contribution in [0.15, 0.2) is 23.2 Å². The van der Waals surface area contributed by atoms with E-state index in [1.807, 2.05) is 4.90 Å². The number of nitrogens with zero attached hydrogens (tertiary/aromatic N) is 2. The van der Waals surface area contributed by atoms with Gasteiger partial charge in [-0.25, -0.2) is 4.39 Å². The second-order valence-electron chi connectivity index (χ2n) is 4.58. The molecular weight excluding hydrogens is 253 g/mol. The maximum absolute atomic E-state index is 13.4. The van der Waals surface area contributed by atoms with Crippen molar-refractivity contribution >= 4 is 17.6 Å². The molecule has 0 spiro atoms. The SMILES string of the molecule is CCC(C)N1C(N)=NCC1c1cc(F)cc(Cl)c1. The van der Waals surface area contributed by atoms with Crippen LogP contribution in [0.25, 0.3) is 0 Å². The number of guanidine groups is 1. The summed E-state index contributed by atoms with van der Waals surface area (Å²) in [5.41, 5.74) is 6.73. The lowest BCUT2D eigenvalue weighted by Crippen LogP contribution is -2.42. The third-order valence-corrected chi connectivity index (χ3v) is 3.58. The molecule has 0 aromatic heterocycles. The van der Waals surface area contributed by atoms with Crippen LogP contribution in [0.5, 0.6) is 0 Å². The Kier molecular flexibility index (Phi) is 3.76. The molecule has 98 valence electrons. The molecule has 2 N–H and O–H groups in total. The van der Waals surface area contributed by atoms with Crippen LogP contribution < -0.4 is 5.73 Å². The van der Waals surface area contributed by atoms with Crippen LogP contribution in [-0.2, 0) is 0 Å². The smallest absolute Gasteiger partial charge is 0.192 e. The summed E-state index contributed by atoms with van der Waals surface area (Å²) in [6.07, 6.45) is 0.954. The first-order chi connectivity index (χ1) is 8.52. The number of hydrogen-bond donors (Lipinski definition) is 1. The van der Waals surface area contributed by atoms with Crippen molar-refractivity contribution in [3.8, 4) is 0 Å². The Morgan fingerprint density at radius 2 is 2.28 bits per heavy atom. The first-order valence-corrected chi connectivity index (χ1v) is 6.45. The molecule has 2 unspecified atom stereocenters. The predicted octanol–water partition coefficient (Wildman–Crippen LogP) is 2.95. The van der Waals surface area contributed by atoms with Crippen LogP contribution in [0, 0.1) is 5.82 Å². The Morgan fingerprint density at radius 3 is 2.89 bits per heavy atom. The van der Waals surface area contributed by atoms with Crippen LogP contribution in [0.2, 0.25) is 5.02 Å². The summed E-state index contributed by atoms with van der Waals surface area (Å²) in [6.45, 7) is 4.73. The van der Waals surface area contributed by atoms with Crippen LogP contribution in [0.4, 0.5) is 4.39 Å². The molecule has 18 heavy (non-hydrogen) atoms. The van der Waals surface area contributed by atoms with Crippen molar-refractivity contribution < 1.29 is 4.39 Å². The first kappa shape index (κ1) is 13.1. The molecule has 0 fully saturated rings. The van der Waals surface area contributed by atoms with Gasteiger partial charge in [-0.3, -0.25) is 4.99 Å². The van der Waals surface area contributed by atoms with E-state index in [0.29, 0.717) is 17.5 Å². The number of nitrogens with two attached hydrogens (primary N) is 1. The highest BCUT2D eigenvalue weighted by Gasteiger charge is 2.30. The Labute approximate surface area is 111 Å². The van der Waals surface area contributed by atoms with E-state index in [2.05, 4.69) is 18.8 Å². The Balaban J connectivity index is 2.32. The standard InChI is InChI=1S/C13H17ClFN3/c1-3-8(2)18-12(7-17-13(18)16)9-4-10(14)6-11(15)5-9/h4-6,8,12H,3,7H2,1-2H3,(H2,16,17). The monoisotopic (exact) mass is 269 g/mol. The van der Waals surface area contributed by atoms with E-state index in [0.717, 1.165) is 12.0 Å². The maximum atomic E-state index is 13.4. The molecule has 0 amide bonds. The zero-order valence-corrected chi connectivity index (χ0v) is 11.3. The Hall–Kier alpha value is -1.29. The highest BCUT2D eigenvalue weighted by Crippen LogP contribution is 2.30. The fourth-order valence-electron chi connectivity index (χ4n) is 2.27. The van der Waals surface area contributed by atoms with Gasteiger partial charge in [0, 0.05) is 11.1 Å². The van der Waals surface area contributed by atoms with Gasteiger partial charge in [-0.15, -0.1) is 0 Å². The van der Waals surface area contributed by atoms with Crippen molar-refractivity contribution in [2.45, 2.75) is 32.4 Å². The number of aliphatic imine (C=N–C) groups is 1. The molecule has 0 saturated heterocycles. The van der Waals surface area contributed by atoms with Crippen LogP contribution in [0.1, 0.15) is 31.9 Å². The van der Waals surface area contributed by atoms with E-state index in [1.54, 1.807) is 6.07 Å². The molecule has 2 atom stereocenters. The van der Waals surface area contributed by atoms with Crippen molar-refractivity contribution in [1.29, 1.82) is 0 Å². The van der Waals surface area contributed by atoms with Gasteiger partial charge in [0.15, 0.2) is 5.96 Å². The van der Waals surface area contributed by atoms with Gasteiger partial charge >= 0.3 is 0 Å². The predicted molar refractivity (Wildman–Crippen MR) is 72.2 cm³/mol. The molecule has 1 aliphatic heterocycles. The Morgan fingerprint density at radius 1 is 1.56 bits per heavy atom. The summed E-state index contributed by atoms with van der Waals surface area (Å²) in [5, 5.41) is 0.402. The topological polar surface area (TPSA) is 41.6 Å². The van der Waals surface area contributed by atoms with E-state index in [9.17, 15) is 4.39 Å². The maximum Gasteiger partial charge on any atom is 0.192 e. The largest absolute Gasteiger partial charge is 0.370 e. The summed E-state index contributed by atoms with van der Waals surface area (Å²) >= 11 is 5.90. The minimum atomic E-state index is -0.327. The van der Waals surface area contributed by atoms with Crippen molar-refractivity contribution in [3.63, 3.8) is 0 Å². The molecule has 3 nitrogen and oxygen atoms in total. The van der Waals surface area contributed by atoms with Gasteiger partial charge in [-0.1, -0.05) is 18.5 Å². The van der Waals surface area contributed by atoms with Gasteiger partial charge < -0.3 is 10.6 Å². The van der Waals surface area contributed by atoms with Crippen molar-refractivity contribution in [2.24, 2.45) is 10.7 Å². The van der Waals surface area contributed by atoms with E-state index in [-0.39, 0.29) is 17.9 Å². The molecule has 1 aliphatic rings.